The zero-order chi connectivity index (χ0) is 15.4. The first-order valence-electron chi connectivity index (χ1n) is 6.73. The molecule has 108 valence electrons. The predicted molar refractivity (Wildman–Crippen MR) is 84.8 cm³/mol. The topological polar surface area (TPSA) is 51.1 Å². The molecule has 0 saturated carbocycles. The summed E-state index contributed by atoms with van der Waals surface area (Å²) in [5.41, 5.74) is 2.03. The van der Waals surface area contributed by atoms with Gasteiger partial charge in [-0.05, 0) is 26.0 Å². The number of aromatic nitrogens is 1. The lowest BCUT2D eigenvalue weighted by molar-refractivity contribution is 0.102. The molecule has 0 aliphatic carbocycles. The van der Waals surface area contributed by atoms with Gasteiger partial charge in [-0.3, -0.25) is 9.59 Å². The highest BCUT2D eigenvalue weighted by molar-refractivity contribution is 6.04. The van der Waals surface area contributed by atoms with Crippen LogP contribution in [0.15, 0.2) is 53.8 Å². The Morgan fingerprint density at radius 3 is 2.57 bits per heavy atom. The van der Waals surface area contributed by atoms with E-state index in [9.17, 15) is 9.59 Å². The van der Waals surface area contributed by atoms with E-state index in [0.717, 1.165) is 5.69 Å². The molecule has 0 saturated heterocycles. The number of pyridine rings is 1. The van der Waals surface area contributed by atoms with Gasteiger partial charge in [0.2, 0.25) is 0 Å². The van der Waals surface area contributed by atoms with Gasteiger partial charge in [-0.1, -0.05) is 24.3 Å². The van der Waals surface area contributed by atoms with Gasteiger partial charge >= 0.3 is 0 Å². The van der Waals surface area contributed by atoms with E-state index in [1.165, 1.54) is 6.07 Å². The molecule has 0 atom stereocenters. The first kappa shape index (κ1) is 14.8. The lowest BCUT2D eigenvalue weighted by Gasteiger charge is -2.16. The van der Waals surface area contributed by atoms with Crippen LogP contribution in [-0.2, 0) is 6.54 Å². The molecule has 2 rings (SSSR count). The van der Waals surface area contributed by atoms with Crippen LogP contribution in [0.3, 0.4) is 0 Å². The number of allylic oxidation sites excluding steroid dienone is 1. The molecule has 0 aliphatic heterocycles. The number of carbonyl (C=O) groups is 1. The second-order valence-electron chi connectivity index (χ2n) is 4.83. The van der Waals surface area contributed by atoms with Crippen molar-refractivity contribution < 1.29 is 4.79 Å². The number of hydrogen-bond donors (Lipinski definition) is 1. The molecular formula is C17H18N2O2. The van der Waals surface area contributed by atoms with E-state index in [1.54, 1.807) is 25.1 Å². The Labute approximate surface area is 123 Å². The van der Waals surface area contributed by atoms with E-state index in [-0.39, 0.29) is 16.9 Å². The second-order valence-corrected chi connectivity index (χ2v) is 4.83. The van der Waals surface area contributed by atoms with Crippen molar-refractivity contribution in [3.05, 3.63) is 76.2 Å². The molecule has 0 spiro atoms. The van der Waals surface area contributed by atoms with Crippen molar-refractivity contribution >= 4 is 11.6 Å². The van der Waals surface area contributed by atoms with Gasteiger partial charge in [0.15, 0.2) is 5.43 Å². The molecule has 0 unspecified atom stereocenters. The SMILES string of the molecule is C=CCn1c(C)cc(=O)c(C(=O)Nc2ccccc2)c1C. The van der Waals surface area contributed by atoms with Crippen molar-refractivity contribution in [2.24, 2.45) is 0 Å². The smallest absolute Gasteiger partial charge is 0.261 e. The van der Waals surface area contributed by atoms with Gasteiger partial charge in [-0.25, -0.2) is 0 Å². The number of amides is 1. The largest absolute Gasteiger partial charge is 0.344 e. The van der Waals surface area contributed by atoms with E-state index < -0.39 is 0 Å². The number of carbonyl (C=O) groups excluding carboxylic acids is 1. The maximum absolute atomic E-state index is 12.4. The first-order valence-corrected chi connectivity index (χ1v) is 6.73. The molecular weight excluding hydrogens is 264 g/mol. The Morgan fingerprint density at radius 1 is 1.29 bits per heavy atom. The molecule has 1 amide bonds. The minimum atomic E-state index is -0.387. The lowest BCUT2D eigenvalue weighted by Crippen LogP contribution is -2.26. The van der Waals surface area contributed by atoms with Crippen molar-refractivity contribution in [1.29, 1.82) is 0 Å². The van der Waals surface area contributed by atoms with Crippen LogP contribution in [0.25, 0.3) is 0 Å². The van der Waals surface area contributed by atoms with Gasteiger partial charge in [-0.2, -0.15) is 0 Å². The van der Waals surface area contributed by atoms with Crippen LogP contribution in [0, 0.1) is 13.8 Å². The molecule has 2 aromatic rings. The molecule has 1 heterocycles. The van der Waals surface area contributed by atoms with Crippen LogP contribution in [0.2, 0.25) is 0 Å². The summed E-state index contributed by atoms with van der Waals surface area (Å²) in [6.07, 6.45) is 1.74. The van der Waals surface area contributed by atoms with Crippen molar-refractivity contribution in [2.45, 2.75) is 20.4 Å². The normalized spacial score (nSPS) is 10.2. The number of para-hydroxylation sites is 1. The third-order valence-corrected chi connectivity index (χ3v) is 3.35. The van der Waals surface area contributed by atoms with E-state index in [2.05, 4.69) is 11.9 Å². The molecule has 0 aliphatic rings. The number of hydrogen-bond acceptors (Lipinski definition) is 2. The number of rotatable bonds is 4. The molecule has 1 aromatic carbocycles. The molecule has 4 heteroatoms. The molecule has 0 radical (unpaired) electrons. The summed E-state index contributed by atoms with van der Waals surface area (Å²) in [6.45, 7) is 7.88. The van der Waals surface area contributed by atoms with E-state index in [1.807, 2.05) is 29.7 Å². The highest BCUT2D eigenvalue weighted by atomic mass is 16.2. The Balaban J connectivity index is 2.43. The van der Waals surface area contributed by atoms with Gasteiger partial charge < -0.3 is 9.88 Å². The molecule has 1 aromatic heterocycles. The number of anilines is 1. The number of nitrogens with one attached hydrogen (secondary N) is 1. The zero-order valence-electron chi connectivity index (χ0n) is 12.2. The molecule has 0 fully saturated rings. The summed E-state index contributed by atoms with van der Waals surface area (Å²) >= 11 is 0. The highest BCUT2D eigenvalue weighted by Gasteiger charge is 2.17. The highest BCUT2D eigenvalue weighted by Crippen LogP contribution is 2.11. The van der Waals surface area contributed by atoms with Crippen LogP contribution >= 0.6 is 0 Å². The van der Waals surface area contributed by atoms with Crippen molar-refractivity contribution in [2.75, 3.05) is 5.32 Å². The van der Waals surface area contributed by atoms with Crippen LogP contribution in [-0.4, -0.2) is 10.5 Å². The number of nitrogens with zero attached hydrogens (tertiary/aromatic N) is 1. The molecule has 1 N–H and O–H groups in total. The van der Waals surface area contributed by atoms with Crippen molar-refractivity contribution in [1.82, 2.24) is 4.57 Å². The van der Waals surface area contributed by atoms with Gasteiger partial charge in [-0.15, -0.1) is 6.58 Å². The van der Waals surface area contributed by atoms with Crippen molar-refractivity contribution in [3.8, 4) is 0 Å². The van der Waals surface area contributed by atoms with Crippen LogP contribution in [0.1, 0.15) is 21.7 Å². The maximum atomic E-state index is 12.4. The molecule has 21 heavy (non-hydrogen) atoms. The summed E-state index contributed by atoms with van der Waals surface area (Å²) in [5, 5.41) is 2.75. The van der Waals surface area contributed by atoms with Crippen molar-refractivity contribution in [3.63, 3.8) is 0 Å². The Morgan fingerprint density at radius 2 is 1.95 bits per heavy atom. The third-order valence-electron chi connectivity index (χ3n) is 3.35. The fourth-order valence-corrected chi connectivity index (χ4v) is 2.32. The molecule has 0 bridgehead atoms. The fraction of sp³-hybridized carbons (Fsp3) is 0.176. The van der Waals surface area contributed by atoms with Crippen LogP contribution in [0.5, 0.6) is 0 Å². The Kier molecular flexibility index (Phi) is 4.38. The van der Waals surface area contributed by atoms with Gasteiger partial charge in [0.25, 0.3) is 5.91 Å². The van der Waals surface area contributed by atoms with Gasteiger partial charge in [0, 0.05) is 29.7 Å². The van der Waals surface area contributed by atoms with E-state index in [0.29, 0.717) is 17.9 Å². The standard InChI is InChI=1S/C17H18N2O2/c1-4-10-19-12(2)11-15(20)16(13(19)3)17(21)18-14-8-6-5-7-9-14/h4-9,11H,1,10H2,2-3H3,(H,18,21). The van der Waals surface area contributed by atoms with Gasteiger partial charge in [0.1, 0.15) is 5.56 Å². The quantitative estimate of drug-likeness (QED) is 0.877. The van der Waals surface area contributed by atoms with E-state index in [4.69, 9.17) is 0 Å². The van der Waals surface area contributed by atoms with Crippen LogP contribution in [0.4, 0.5) is 5.69 Å². The zero-order valence-corrected chi connectivity index (χ0v) is 12.2. The lowest BCUT2D eigenvalue weighted by atomic mass is 10.1. The summed E-state index contributed by atoms with van der Waals surface area (Å²) in [6, 6.07) is 10.6. The summed E-state index contributed by atoms with van der Waals surface area (Å²) in [5.74, 6) is -0.387. The fourth-order valence-electron chi connectivity index (χ4n) is 2.32. The summed E-state index contributed by atoms with van der Waals surface area (Å²) < 4.78 is 1.90. The number of aryl methyl sites for hydroxylation is 1. The number of benzene rings is 1. The second kappa shape index (κ2) is 6.22. The summed E-state index contributed by atoms with van der Waals surface area (Å²) in [7, 11) is 0. The van der Waals surface area contributed by atoms with Crippen LogP contribution < -0.4 is 10.7 Å². The minimum absolute atomic E-state index is 0.173. The molecule has 4 nitrogen and oxygen atoms in total. The van der Waals surface area contributed by atoms with Gasteiger partial charge in [0.05, 0.1) is 0 Å². The van der Waals surface area contributed by atoms with E-state index >= 15 is 0 Å². The maximum Gasteiger partial charge on any atom is 0.261 e. The Bertz CT molecular complexity index is 730. The Hall–Kier alpha value is -2.62. The average molecular weight is 282 g/mol. The first-order chi connectivity index (χ1) is 10.0. The monoisotopic (exact) mass is 282 g/mol. The average Bonchev–Trinajstić information content (AvgIpc) is 2.44. The summed E-state index contributed by atoms with van der Waals surface area (Å²) in [4.78, 5) is 24.5. The predicted octanol–water partition coefficient (Wildman–Crippen LogP) is 2.90. The third kappa shape index (κ3) is 3.11. The minimum Gasteiger partial charge on any atom is -0.344 e.